The third kappa shape index (κ3) is 15.2. The van der Waals surface area contributed by atoms with Gasteiger partial charge in [-0.2, -0.15) is 0 Å². The minimum absolute atomic E-state index is 0.00933. The molecule has 0 radical (unpaired) electrons. The molecule has 0 aromatic carbocycles. The fourth-order valence-electron chi connectivity index (χ4n) is 4.17. The lowest BCUT2D eigenvalue weighted by atomic mass is 10.0. The Labute approximate surface area is 175 Å². The third-order valence-corrected chi connectivity index (χ3v) is 6.03. The zero-order valence-electron chi connectivity index (χ0n) is 19.1. The lowest BCUT2D eigenvalue weighted by Gasteiger charge is -2.13. The molecule has 0 fully saturated rings. The van der Waals surface area contributed by atoms with Gasteiger partial charge in [0.1, 0.15) is 5.76 Å². The number of unbranched alkanes of at least 4 members (excludes halogenated alkanes) is 6. The minimum atomic E-state index is -0.00933. The molecule has 0 aliphatic heterocycles. The summed E-state index contributed by atoms with van der Waals surface area (Å²) >= 11 is 0. The first-order chi connectivity index (χ1) is 13.7. The van der Waals surface area contributed by atoms with Crippen molar-refractivity contribution >= 4 is 5.97 Å². The molecule has 0 spiro atoms. The molecule has 164 valence electrons. The normalized spacial score (nSPS) is 22.5. The predicted molar refractivity (Wildman–Crippen MR) is 121 cm³/mol. The summed E-state index contributed by atoms with van der Waals surface area (Å²) in [4.78, 5) is 12.3. The molecule has 0 amide bonds. The Morgan fingerprint density at radius 1 is 0.821 bits per heavy atom. The fraction of sp³-hybridized carbons (Fsp3) is 0.885. The monoisotopic (exact) mass is 392 g/mol. The van der Waals surface area contributed by atoms with Crippen LogP contribution in [-0.4, -0.2) is 5.97 Å². The van der Waals surface area contributed by atoms with E-state index in [1.165, 1.54) is 96.3 Å². The molecule has 1 unspecified atom stereocenters. The van der Waals surface area contributed by atoms with Crippen molar-refractivity contribution in [3.63, 3.8) is 0 Å². The van der Waals surface area contributed by atoms with Gasteiger partial charge in [-0.05, 0) is 31.3 Å². The minimum Gasteiger partial charge on any atom is -0.431 e. The van der Waals surface area contributed by atoms with Crippen molar-refractivity contribution in [1.82, 2.24) is 0 Å². The number of rotatable bonds is 9. The van der Waals surface area contributed by atoms with Crippen molar-refractivity contribution in [2.75, 3.05) is 0 Å². The lowest BCUT2D eigenvalue weighted by molar-refractivity contribution is -0.139. The Hall–Kier alpha value is -0.790. The Morgan fingerprint density at radius 2 is 1.36 bits per heavy atom. The van der Waals surface area contributed by atoms with Gasteiger partial charge in [-0.1, -0.05) is 110 Å². The van der Waals surface area contributed by atoms with E-state index >= 15 is 0 Å². The van der Waals surface area contributed by atoms with Gasteiger partial charge in [0.15, 0.2) is 0 Å². The smallest absolute Gasteiger partial charge is 0.310 e. The van der Waals surface area contributed by atoms with E-state index in [0.29, 0.717) is 12.3 Å². The summed E-state index contributed by atoms with van der Waals surface area (Å²) in [6.45, 7) is 4.53. The van der Waals surface area contributed by atoms with Gasteiger partial charge in [-0.25, -0.2) is 0 Å². The second-order valence-corrected chi connectivity index (χ2v) is 9.03. The zero-order valence-corrected chi connectivity index (χ0v) is 19.1. The van der Waals surface area contributed by atoms with Crippen molar-refractivity contribution in [2.24, 2.45) is 5.92 Å². The molecule has 0 bridgehead atoms. The average molecular weight is 393 g/mol. The van der Waals surface area contributed by atoms with Crippen molar-refractivity contribution < 1.29 is 9.53 Å². The van der Waals surface area contributed by atoms with Crippen LogP contribution in [0.25, 0.3) is 0 Å². The first-order valence-corrected chi connectivity index (χ1v) is 12.6. The number of hydrogen-bond donors (Lipinski definition) is 0. The van der Waals surface area contributed by atoms with Crippen LogP contribution < -0.4 is 0 Å². The number of esters is 1. The van der Waals surface area contributed by atoms with Crippen LogP contribution >= 0.6 is 0 Å². The highest BCUT2D eigenvalue weighted by molar-refractivity contribution is 5.70. The van der Waals surface area contributed by atoms with Crippen molar-refractivity contribution in [3.05, 3.63) is 11.8 Å². The zero-order chi connectivity index (χ0) is 20.3. The van der Waals surface area contributed by atoms with Crippen molar-refractivity contribution in [1.29, 1.82) is 0 Å². The maximum atomic E-state index is 12.3. The molecule has 1 aliphatic rings. The highest BCUT2D eigenvalue weighted by Gasteiger charge is 2.10. The van der Waals surface area contributed by atoms with E-state index in [2.05, 4.69) is 19.9 Å². The van der Waals surface area contributed by atoms with Gasteiger partial charge in [0.2, 0.25) is 0 Å². The second kappa shape index (κ2) is 18.3. The number of carbonyl (C=O) groups excluding carboxylic acids is 1. The maximum absolute atomic E-state index is 12.3. The summed E-state index contributed by atoms with van der Waals surface area (Å²) in [5.41, 5.74) is 0. The molecule has 1 atom stereocenters. The molecular formula is C26H48O2. The van der Waals surface area contributed by atoms with Crippen LogP contribution in [-0.2, 0) is 9.53 Å². The highest BCUT2D eigenvalue weighted by Crippen LogP contribution is 2.21. The molecule has 0 aromatic rings. The standard InChI is InChI=1S/C26H48O2/c1-3-4-5-6-11-16-19-22-26(27)28-25-21-18-15-13-10-8-7-9-12-14-17-20-24(2)23-25/h23-24H,3-22H2,1-2H3/b25-23-. The van der Waals surface area contributed by atoms with E-state index in [0.717, 1.165) is 31.4 Å². The summed E-state index contributed by atoms with van der Waals surface area (Å²) in [5, 5.41) is 0. The average Bonchev–Trinajstić information content (AvgIpc) is 2.68. The summed E-state index contributed by atoms with van der Waals surface area (Å²) in [6, 6.07) is 0. The largest absolute Gasteiger partial charge is 0.431 e. The molecule has 0 heterocycles. The number of allylic oxidation sites excluding steroid dienone is 2. The van der Waals surface area contributed by atoms with Crippen LogP contribution in [0.3, 0.4) is 0 Å². The van der Waals surface area contributed by atoms with Crippen LogP contribution in [0.2, 0.25) is 0 Å². The van der Waals surface area contributed by atoms with Crippen LogP contribution in [0, 0.1) is 5.92 Å². The van der Waals surface area contributed by atoms with Crippen LogP contribution in [0.4, 0.5) is 0 Å². The van der Waals surface area contributed by atoms with Gasteiger partial charge in [0.25, 0.3) is 0 Å². The molecular weight excluding hydrogens is 344 g/mol. The third-order valence-electron chi connectivity index (χ3n) is 6.03. The molecule has 0 aromatic heterocycles. The fourth-order valence-corrected chi connectivity index (χ4v) is 4.17. The first-order valence-electron chi connectivity index (χ1n) is 12.6. The van der Waals surface area contributed by atoms with Gasteiger partial charge in [-0.15, -0.1) is 0 Å². The Morgan fingerprint density at radius 3 is 2.00 bits per heavy atom. The molecule has 1 aliphatic carbocycles. The number of carbonyl (C=O) groups is 1. The molecule has 28 heavy (non-hydrogen) atoms. The topological polar surface area (TPSA) is 26.3 Å². The maximum Gasteiger partial charge on any atom is 0.310 e. The lowest BCUT2D eigenvalue weighted by Crippen LogP contribution is -2.06. The SMILES string of the molecule is CCCCCCCCCC(=O)O/C1=C\C(C)CCCCCCCCCCCC1. The molecule has 0 N–H and O–H groups in total. The van der Waals surface area contributed by atoms with Crippen LogP contribution in [0.1, 0.15) is 142 Å². The second-order valence-electron chi connectivity index (χ2n) is 9.03. The first kappa shape index (κ1) is 25.2. The van der Waals surface area contributed by atoms with Gasteiger partial charge in [-0.3, -0.25) is 4.79 Å². The van der Waals surface area contributed by atoms with E-state index in [4.69, 9.17) is 4.74 Å². The van der Waals surface area contributed by atoms with Gasteiger partial charge in [0, 0.05) is 12.8 Å². The Balaban J connectivity index is 2.35. The van der Waals surface area contributed by atoms with Gasteiger partial charge < -0.3 is 4.74 Å². The van der Waals surface area contributed by atoms with Gasteiger partial charge in [0.05, 0.1) is 0 Å². The highest BCUT2D eigenvalue weighted by atomic mass is 16.5. The summed E-state index contributed by atoms with van der Waals surface area (Å²) < 4.78 is 5.81. The van der Waals surface area contributed by atoms with Crippen LogP contribution in [0.15, 0.2) is 11.8 Å². The summed E-state index contributed by atoms with van der Waals surface area (Å²) in [7, 11) is 0. The van der Waals surface area contributed by atoms with E-state index in [9.17, 15) is 4.79 Å². The summed E-state index contributed by atoms with van der Waals surface area (Å²) in [5.74, 6) is 1.46. The molecule has 2 heteroatoms. The Kier molecular flexibility index (Phi) is 16.5. The van der Waals surface area contributed by atoms with E-state index in [-0.39, 0.29) is 5.97 Å². The molecule has 0 saturated carbocycles. The number of ether oxygens (including phenoxy) is 1. The van der Waals surface area contributed by atoms with Crippen molar-refractivity contribution in [2.45, 2.75) is 142 Å². The van der Waals surface area contributed by atoms with E-state index in [1.807, 2.05) is 0 Å². The Bertz CT molecular complexity index is 399. The molecule has 1 rings (SSSR count). The number of hydrogen-bond acceptors (Lipinski definition) is 2. The predicted octanol–water partition coefficient (Wildman–Crippen LogP) is 8.89. The summed E-state index contributed by atoms with van der Waals surface area (Å²) in [6.07, 6.45) is 27.0. The van der Waals surface area contributed by atoms with Crippen molar-refractivity contribution in [3.8, 4) is 0 Å². The quantitative estimate of drug-likeness (QED) is 0.289. The van der Waals surface area contributed by atoms with E-state index in [1.54, 1.807) is 0 Å². The van der Waals surface area contributed by atoms with Crippen LogP contribution in [0.5, 0.6) is 0 Å². The molecule has 0 saturated heterocycles. The molecule has 2 nitrogen and oxygen atoms in total. The van der Waals surface area contributed by atoms with Gasteiger partial charge >= 0.3 is 5.97 Å². The van der Waals surface area contributed by atoms with E-state index < -0.39 is 0 Å².